The highest BCUT2D eigenvalue weighted by Gasteiger charge is 2.35. The summed E-state index contributed by atoms with van der Waals surface area (Å²) in [6.45, 7) is 1.85. The molecule has 0 bridgehead atoms. The molecule has 2 rings (SSSR count). The number of rotatable bonds is 6. The molecule has 0 amide bonds. The van der Waals surface area contributed by atoms with Crippen molar-refractivity contribution in [2.75, 3.05) is 13.7 Å². The zero-order chi connectivity index (χ0) is 19.1. The van der Waals surface area contributed by atoms with Gasteiger partial charge >= 0.3 is 11.9 Å². The van der Waals surface area contributed by atoms with Crippen LogP contribution in [0.3, 0.4) is 0 Å². The van der Waals surface area contributed by atoms with Crippen LogP contribution in [0.15, 0.2) is 47.7 Å². The monoisotopic (exact) mass is 362 g/mol. The number of carbonyl (C=O) groups excluding carboxylic acids is 2. The molecule has 7 heteroatoms. The van der Waals surface area contributed by atoms with Gasteiger partial charge in [-0.05, 0) is 24.6 Å². The molecule has 7 nitrogen and oxygen atoms in total. The van der Waals surface area contributed by atoms with Crippen LogP contribution in [-0.2, 0) is 30.2 Å². The number of benzene rings is 1. The summed E-state index contributed by atoms with van der Waals surface area (Å²) in [6, 6.07) is 6.61. The van der Waals surface area contributed by atoms with E-state index < -0.39 is 24.1 Å². The summed E-state index contributed by atoms with van der Waals surface area (Å²) in [6.07, 6.45) is 1.89. The fourth-order valence-corrected chi connectivity index (χ4v) is 2.70. The molecular weight excluding hydrogens is 340 g/mol. The molecule has 1 heterocycles. The molecule has 26 heavy (non-hydrogen) atoms. The van der Waals surface area contributed by atoms with E-state index in [1.54, 1.807) is 37.3 Å². The molecule has 0 saturated heterocycles. The number of allylic oxidation sites excluding steroid dienone is 1. The quantitative estimate of drug-likeness (QED) is 0.588. The smallest absolute Gasteiger partial charge is 0.337 e. The summed E-state index contributed by atoms with van der Waals surface area (Å²) in [5.41, 5.74) is 1.48. The third kappa shape index (κ3) is 4.86. The number of aliphatic hydroxyl groups excluding tert-OH is 1. The van der Waals surface area contributed by atoms with Gasteiger partial charge in [-0.1, -0.05) is 18.2 Å². The van der Waals surface area contributed by atoms with Crippen molar-refractivity contribution in [3.63, 3.8) is 0 Å². The maximum absolute atomic E-state index is 12.2. The second kappa shape index (κ2) is 9.05. The van der Waals surface area contributed by atoms with E-state index in [1.807, 2.05) is 0 Å². The van der Waals surface area contributed by atoms with Crippen molar-refractivity contribution >= 4 is 11.9 Å². The second-order valence-corrected chi connectivity index (χ2v) is 5.74. The van der Waals surface area contributed by atoms with Crippen molar-refractivity contribution in [3.8, 4) is 5.75 Å². The molecule has 0 unspecified atom stereocenters. The molecule has 1 aliphatic heterocycles. The van der Waals surface area contributed by atoms with Gasteiger partial charge in [0.25, 0.3) is 0 Å². The number of methoxy groups -OCH3 is 1. The molecule has 0 aromatic heterocycles. The Morgan fingerprint density at radius 3 is 2.58 bits per heavy atom. The summed E-state index contributed by atoms with van der Waals surface area (Å²) < 4.78 is 15.0. The van der Waals surface area contributed by atoms with Crippen molar-refractivity contribution in [1.82, 2.24) is 0 Å². The van der Waals surface area contributed by atoms with E-state index in [0.717, 1.165) is 11.8 Å². The van der Waals surface area contributed by atoms with Gasteiger partial charge in [0.15, 0.2) is 0 Å². The number of esters is 2. The Morgan fingerprint density at radius 1 is 1.27 bits per heavy atom. The molecule has 0 fully saturated rings. The van der Waals surface area contributed by atoms with Gasteiger partial charge in [-0.3, -0.25) is 4.79 Å². The van der Waals surface area contributed by atoms with Gasteiger partial charge in [0.2, 0.25) is 6.29 Å². The van der Waals surface area contributed by atoms with Crippen molar-refractivity contribution < 1.29 is 34.0 Å². The number of phenols is 1. The summed E-state index contributed by atoms with van der Waals surface area (Å²) in [5, 5.41) is 19.2. The van der Waals surface area contributed by atoms with Crippen LogP contribution in [0.1, 0.15) is 18.9 Å². The number of ether oxygens (including phenoxy) is 3. The Kier molecular flexibility index (Phi) is 6.80. The van der Waals surface area contributed by atoms with E-state index in [9.17, 15) is 19.8 Å². The van der Waals surface area contributed by atoms with E-state index in [0.29, 0.717) is 12.0 Å². The third-order valence-corrected chi connectivity index (χ3v) is 4.10. The molecule has 0 saturated carbocycles. The highest BCUT2D eigenvalue weighted by molar-refractivity contribution is 5.90. The summed E-state index contributed by atoms with van der Waals surface area (Å²) in [7, 11) is 1.23. The lowest BCUT2D eigenvalue weighted by atomic mass is 9.86. The number of aliphatic hydroxyl groups is 1. The summed E-state index contributed by atoms with van der Waals surface area (Å²) >= 11 is 0. The van der Waals surface area contributed by atoms with Gasteiger partial charge in [0, 0.05) is 17.9 Å². The predicted octanol–water partition coefficient (Wildman–Crippen LogP) is 1.84. The molecular formula is C19H22O7. The average molecular weight is 362 g/mol. The van der Waals surface area contributed by atoms with E-state index >= 15 is 0 Å². The minimum atomic E-state index is -1.22. The van der Waals surface area contributed by atoms with Crippen LogP contribution in [0.2, 0.25) is 0 Å². The molecule has 2 N–H and O–H groups in total. The normalized spacial score (nSPS) is 20.9. The van der Waals surface area contributed by atoms with Crippen LogP contribution < -0.4 is 0 Å². The topological polar surface area (TPSA) is 102 Å². The largest absolute Gasteiger partial charge is 0.508 e. The van der Waals surface area contributed by atoms with Crippen molar-refractivity contribution in [2.24, 2.45) is 5.92 Å². The van der Waals surface area contributed by atoms with Crippen LogP contribution >= 0.6 is 0 Å². The number of carbonyl (C=O) groups is 2. The molecule has 1 aromatic rings. The Balaban J connectivity index is 1.97. The molecule has 0 aliphatic carbocycles. The second-order valence-electron chi connectivity index (χ2n) is 5.74. The lowest BCUT2D eigenvalue weighted by Gasteiger charge is -2.28. The first-order valence-corrected chi connectivity index (χ1v) is 8.17. The molecule has 0 spiro atoms. The van der Waals surface area contributed by atoms with Gasteiger partial charge in [-0.25, -0.2) is 4.79 Å². The van der Waals surface area contributed by atoms with E-state index in [2.05, 4.69) is 0 Å². The Morgan fingerprint density at radius 2 is 1.96 bits per heavy atom. The Hall–Kier alpha value is -2.80. The number of phenolic OH excluding ortho intramolecular Hbond substituents is 1. The van der Waals surface area contributed by atoms with Crippen LogP contribution in [0.25, 0.3) is 0 Å². The Labute approximate surface area is 151 Å². The molecule has 0 radical (unpaired) electrons. The first-order chi connectivity index (χ1) is 12.5. The zero-order valence-corrected chi connectivity index (χ0v) is 14.7. The molecule has 140 valence electrons. The first-order valence-electron chi connectivity index (χ1n) is 8.17. The van der Waals surface area contributed by atoms with Crippen LogP contribution in [0.4, 0.5) is 0 Å². The molecule has 2 atom stereocenters. The van der Waals surface area contributed by atoms with Gasteiger partial charge in [0.05, 0.1) is 32.0 Å². The highest BCUT2D eigenvalue weighted by Crippen LogP contribution is 2.32. The fourth-order valence-electron chi connectivity index (χ4n) is 2.70. The average Bonchev–Trinajstić information content (AvgIpc) is 2.63. The Bertz CT molecular complexity index is 703. The van der Waals surface area contributed by atoms with Gasteiger partial charge in [-0.15, -0.1) is 0 Å². The van der Waals surface area contributed by atoms with Crippen molar-refractivity contribution in [1.29, 1.82) is 0 Å². The molecule has 1 aliphatic rings. The lowest BCUT2D eigenvalue weighted by Crippen LogP contribution is -2.31. The van der Waals surface area contributed by atoms with E-state index in [-0.39, 0.29) is 24.4 Å². The maximum atomic E-state index is 12.2. The standard InChI is InChI=1S/C19H22O7/c1-3-14-15(16(18(22)24-2)11-26-19(14)23)10-17(21)25-9-8-12-4-6-13(20)7-5-12/h3-7,11,15,19-20,23H,8-10H2,1-2H3/b14-3-/t15-,19-/m1/s1. The fraction of sp³-hybridized carbons (Fsp3) is 0.368. The van der Waals surface area contributed by atoms with Crippen LogP contribution in [0, 0.1) is 5.92 Å². The van der Waals surface area contributed by atoms with E-state index in [4.69, 9.17) is 14.2 Å². The van der Waals surface area contributed by atoms with Crippen molar-refractivity contribution in [2.45, 2.75) is 26.1 Å². The third-order valence-electron chi connectivity index (χ3n) is 4.10. The number of aromatic hydroxyl groups is 1. The SMILES string of the molecule is C/C=C1\[C@H](O)OC=C(C(=O)OC)[C@@H]1CC(=O)OCCc1ccc(O)cc1. The van der Waals surface area contributed by atoms with Crippen molar-refractivity contribution in [3.05, 3.63) is 53.3 Å². The number of hydrogen-bond acceptors (Lipinski definition) is 7. The van der Waals surface area contributed by atoms with Gasteiger partial charge in [0.1, 0.15) is 5.75 Å². The van der Waals surface area contributed by atoms with Crippen LogP contribution in [-0.4, -0.2) is 42.2 Å². The summed E-state index contributed by atoms with van der Waals surface area (Å²) in [5.74, 6) is -1.63. The lowest BCUT2D eigenvalue weighted by molar-refractivity contribution is -0.145. The van der Waals surface area contributed by atoms with Gasteiger partial charge in [-0.2, -0.15) is 0 Å². The van der Waals surface area contributed by atoms with Crippen LogP contribution in [0.5, 0.6) is 5.75 Å². The zero-order valence-electron chi connectivity index (χ0n) is 14.7. The minimum Gasteiger partial charge on any atom is -0.508 e. The number of hydrogen-bond donors (Lipinski definition) is 2. The first kappa shape index (κ1) is 19.5. The maximum Gasteiger partial charge on any atom is 0.337 e. The van der Waals surface area contributed by atoms with Gasteiger partial charge < -0.3 is 24.4 Å². The minimum absolute atomic E-state index is 0.114. The van der Waals surface area contributed by atoms with E-state index in [1.165, 1.54) is 7.11 Å². The summed E-state index contributed by atoms with van der Waals surface area (Å²) in [4.78, 5) is 24.1. The molecule has 1 aromatic carbocycles. The predicted molar refractivity (Wildman–Crippen MR) is 91.8 cm³/mol. The highest BCUT2D eigenvalue weighted by atomic mass is 16.6.